The molecule has 0 saturated heterocycles. The zero-order valence-electron chi connectivity index (χ0n) is 18.2. The van der Waals surface area contributed by atoms with Crippen LogP contribution in [0.1, 0.15) is 35.4 Å². The molecule has 0 bridgehead atoms. The Bertz CT molecular complexity index is 1100. The van der Waals surface area contributed by atoms with E-state index in [1.807, 2.05) is 5.51 Å². The summed E-state index contributed by atoms with van der Waals surface area (Å²) in [7, 11) is 0.366. The third-order valence-corrected chi connectivity index (χ3v) is 6.31. The fourth-order valence-electron chi connectivity index (χ4n) is 4.14. The summed E-state index contributed by atoms with van der Waals surface area (Å²) < 4.78 is 32.7. The summed E-state index contributed by atoms with van der Waals surface area (Å²) in [6.45, 7) is 2.20. The normalized spacial score (nSPS) is 16.0. The Hall–Kier alpha value is -2.00. The average Bonchev–Trinajstić information content (AvgIpc) is 3.19. The lowest BCUT2D eigenvalue weighted by Gasteiger charge is -2.30. The molecule has 31 heavy (non-hydrogen) atoms. The van der Waals surface area contributed by atoms with Crippen molar-refractivity contribution < 1.29 is 17.7 Å². The van der Waals surface area contributed by atoms with Gasteiger partial charge in [0.2, 0.25) is 0 Å². The monoisotopic (exact) mass is 462 g/mol. The van der Waals surface area contributed by atoms with Crippen LogP contribution in [-0.4, -0.2) is 56.4 Å². The number of ether oxygens (including phenoxy) is 1. The highest BCUT2D eigenvalue weighted by atomic mass is 32.2. The van der Waals surface area contributed by atoms with Gasteiger partial charge in [0, 0.05) is 13.1 Å². The van der Waals surface area contributed by atoms with E-state index in [0.717, 1.165) is 37.2 Å². The van der Waals surface area contributed by atoms with Crippen LogP contribution in [0.5, 0.6) is 5.75 Å². The van der Waals surface area contributed by atoms with Crippen molar-refractivity contribution in [2.24, 2.45) is 0 Å². The molecule has 1 aliphatic rings. The number of hydrogen-bond donors (Lipinski definition) is 1. The molecule has 1 atom stereocenters. The Kier molecular flexibility index (Phi) is 8.05. The van der Waals surface area contributed by atoms with E-state index in [9.17, 15) is 8.42 Å². The van der Waals surface area contributed by atoms with Crippen molar-refractivity contribution in [3.8, 4) is 5.75 Å². The third-order valence-electron chi connectivity index (χ3n) is 5.52. The Morgan fingerprint density at radius 3 is 2.81 bits per heavy atom. The van der Waals surface area contributed by atoms with E-state index in [4.69, 9.17) is 9.29 Å². The highest BCUT2D eigenvalue weighted by Gasteiger charge is 2.23. The topological polar surface area (TPSA) is 79.7 Å². The highest BCUT2D eigenvalue weighted by Crippen LogP contribution is 2.36. The zero-order chi connectivity index (χ0) is 22.4. The molecule has 0 spiro atoms. The van der Waals surface area contributed by atoms with Gasteiger partial charge in [0.25, 0.3) is 10.1 Å². The Morgan fingerprint density at radius 1 is 1.29 bits per heavy atom. The summed E-state index contributed by atoms with van der Waals surface area (Å²) in [4.78, 5) is 6.85. The van der Waals surface area contributed by atoms with E-state index in [1.165, 1.54) is 34.2 Å². The van der Waals surface area contributed by atoms with Gasteiger partial charge in [-0.25, -0.2) is 4.98 Å². The molecule has 6 nitrogen and oxygen atoms in total. The maximum atomic E-state index is 9.19. The Labute approximate surface area is 188 Å². The summed E-state index contributed by atoms with van der Waals surface area (Å²) in [5, 5.41) is 0. The maximum absolute atomic E-state index is 9.19. The number of rotatable bonds is 6. The largest absolute Gasteiger partial charge is 0.496 e. The van der Waals surface area contributed by atoms with Crippen molar-refractivity contribution in [1.29, 1.82) is 0 Å². The average molecular weight is 463 g/mol. The molecule has 2 aromatic carbocycles. The lowest BCUT2D eigenvalue weighted by atomic mass is 9.82. The number of thiazole rings is 1. The molecule has 168 valence electrons. The number of methoxy groups -OCH3 is 1. The lowest BCUT2D eigenvalue weighted by Crippen LogP contribution is -2.28. The van der Waals surface area contributed by atoms with Crippen LogP contribution in [0.25, 0.3) is 10.2 Å². The van der Waals surface area contributed by atoms with Crippen LogP contribution in [0.2, 0.25) is 0 Å². The number of aromatic nitrogens is 1. The number of hydrogen-bond acceptors (Lipinski definition) is 6. The molecule has 3 aromatic rings. The minimum atomic E-state index is -3.67. The van der Waals surface area contributed by atoms with Gasteiger partial charge in [-0.3, -0.25) is 4.55 Å². The second-order valence-electron chi connectivity index (χ2n) is 8.02. The first-order valence-electron chi connectivity index (χ1n) is 10.3. The third kappa shape index (κ3) is 7.00. The highest BCUT2D eigenvalue weighted by molar-refractivity contribution is 7.85. The van der Waals surface area contributed by atoms with Crippen LogP contribution < -0.4 is 4.74 Å². The predicted octanol–water partition coefficient (Wildman–Crippen LogP) is 4.40. The smallest absolute Gasteiger partial charge is 0.261 e. The molecular formula is C23H30N2O4S2. The van der Waals surface area contributed by atoms with Gasteiger partial charge in [-0.2, -0.15) is 8.42 Å². The summed E-state index contributed by atoms with van der Waals surface area (Å²) in [5.74, 6) is 1.68. The summed E-state index contributed by atoms with van der Waals surface area (Å²) in [6.07, 6.45) is 5.48. The molecule has 0 amide bonds. The van der Waals surface area contributed by atoms with E-state index >= 15 is 0 Å². The first-order valence-corrected chi connectivity index (χ1v) is 13.1. The molecule has 1 aliphatic carbocycles. The van der Waals surface area contributed by atoms with Gasteiger partial charge in [0.1, 0.15) is 5.75 Å². The Morgan fingerprint density at radius 2 is 2.06 bits per heavy atom. The molecular weight excluding hydrogens is 432 g/mol. The van der Waals surface area contributed by atoms with E-state index in [0.29, 0.717) is 12.2 Å². The molecule has 4 rings (SSSR count). The van der Waals surface area contributed by atoms with Gasteiger partial charge in [-0.1, -0.05) is 18.2 Å². The van der Waals surface area contributed by atoms with E-state index < -0.39 is 10.1 Å². The van der Waals surface area contributed by atoms with Crippen molar-refractivity contribution in [3.63, 3.8) is 0 Å². The van der Waals surface area contributed by atoms with Crippen molar-refractivity contribution in [2.75, 3.05) is 33.5 Å². The quantitative estimate of drug-likeness (QED) is 0.547. The molecule has 0 fully saturated rings. The molecule has 8 heteroatoms. The first-order chi connectivity index (χ1) is 14.7. The van der Waals surface area contributed by atoms with Crippen molar-refractivity contribution >= 4 is 31.7 Å². The van der Waals surface area contributed by atoms with E-state index in [-0.39, 0.29) is 0 Å². The van der Waals surface area contributed by atoms with Crippen molar-refractivity contribution in [3.05, 3.63) is 58.6 Å². The number of fused-ring (bicyclic) bond motifs is 2. The van der Waals surface area contributed by atoms with Crippen LogP contribution in [0, 0.1) is 0 Å². The molecule has 1 N–H and O–H groups in total. The standard InChI is InChI=1S/C22H26N2OS.CH4O3S/c1-24(12-11-16-9-10-20-22(13-16)26-15-23-20)14-17-5-3-7-19-18(17)6-4-8-21(19)25-2;1-5(2,3)4/h4,6,8-10,13,15,17H,3,5,7,11-12,14H2,1-2H3;1H3,(H,2,3,4)/t17-;/m0./s1. The molecule has 0 radical (unpaired) electrons. The Balaban J connectivity index is 0.000000491. The van der Waals surface area contributed by atoms with Crippen LogP contribution in [0.3, 0.4) is 0 Å². The lowest BCUT2D eigenvalue weighted by molar-refractivity contribution is 0.299. The molecule has 0 unspecified atom stereocenters. The van der Waals surface area contributed by atoms with Gasteiger partial charge in [0.15, 0.2) is 0 Å². The van der Waals surface area contributed by atoms with Crippen molar-refractivity contribution in [1.82, 2.24) is 9.88 Å². The van der Waals surface area contributed by atoms with E-state index in [2.05, 4.69) is 53.3 Å². The molecule has 1 heterocycles. The minimum Gasteiger partial charge on any atom is -0.496 e. The zero-order valence-corrected chi connectivity index (χ0v) is 19.9. The van der Waals surface area contributed by atoms with Gasteiger partial charge >= 0.3 is 0 Å². The van der Waals surface area contributed by atoms with Gasteiger partial charge in [0.05, 0.1) is 29.1 Å². The van der Waals surface area contributed by atoms with Crippen LogP contribution in [0.15, 0.2) is 41.9 Å². The second kappa shape index (κ2) is 10.5. The summed E-state index contributed by atoms with van der Waals surface area (Å²) in [6, 6.07) is 13.2. The SMILES string of the molecule is COc1cccc2c1CCC[C@H]2CN(C)CCc1ccc2ncsc2c1.CS(=O)(=O)O. The van der Waals surface area contributed by atoms with Crippen LogP contribution >= 0.6 is 11.3 Å². The molecule has 1 aromatic heterocycles. The van der Waals surface area contributed by atoms with Crippen LogP contribution in [-0.2, 0) is 23.0 Å². The maximum Gasteiger partial charge on any atom is 0.261 e. The molecule has 0 saturated carbocycles. The number of likely N-dealkylation sites (N-methyl/N-ethyl adjacent to an activating group) is 1. The van der Waals surface area contributed by atoms with Crippen molar-refractivity contribution in [2.45, 2.75) is 31.6 Å². The second-order valence-corrected chi connectivity index (χ2v) is 10.4. The number of nitrogens with zero attached hydrogens (tertiary/aromatic N) is 2. The first kappa shape index (κ1) is 23.7. The molecule has 0 aliphatic heterocycles. The van der Waals surface area contributed by atoms with Gasteiger partial charge < -0.3 is 9.64 Å². The minimum absolute atomic E-state index is 0.614. The van der Waals surface area contributed by atoms with E-state index in [1.54, 1.807) is 18.4 Å². The van der Waals surface area contributed by atoms with Gasteiger partial charge in [-0.15, -0.1) is 11.3 Å². The number of benzene rings is 2. The summed E-state index contributed by atoms with van der Waals surface area (Å²) in [5.41, 5.74) is 7.36. The fourth-order valence-corrected chi connectivity index (χ4v) is 4.88. The van der Waals surface area contributed by atoms with Crippen LogP contribution in [0.4, 0.5) is 0 Å². The fraction of sp³-hybridized carbons (Fsp3) is 0.435. The summed E-state index contributed by atoms with van der Waals surface area (Å²) >= 11 is 1.72. The predicted molar refractivity (Wildman–Crippen MR) is 127 cm³/mol. The van der Waals surface area contributed by atoms with Gasteiger partial charge in [-0.05, 0) is 73.5 Å².